The maximum atomic E-state index is 6.66. The molecule has 0 unspecified atom stereocenters. The molecule has 0 atom stereocenters. The second kappa shape index (κ2) is 10.2. The molecule has 0 aliphatic rings. The van der Waals surface area contributed by atoms with Crippen LogP contribution in [0.15, 0.2) is 167 Å². The van der Waals surface area contributed by atoms with Crippen molar-refractivity contribution < 1.29 is 8.83 Å². The zero-order valence-electron chi connectivity index (χ0n) is 26.2. The number of thiophene rings is 1. The van der Waals surface area contributed by atoms with Crippen LogP contribution in [0.2, 0.25) is 0 Å². The van der Waals surface area contributed by atoms with Gasteiger partial charge in [0, 0.05) is 59.1 Å². The predicted octanol–water partition coefficient (Wildman–Crippen LogP) is 14.0. The second-order valence-corrected chi connectivity index (χ2v) is 13.8. The molecule has 0 aliphatic heterocycles. The van der Waals surface area contributed by atoms with Crippen LogP contribution in [0.3, 0.4) is 0 Å². The van der Waals surface area contributed by atoms with Gasteiger partial charge in [0.2, 0.25) is 0 Å². The molecule has 0 fully saturated rings. The van der Waals surface area contributed by atoms with Crippen molar-refractivity contribution in [1.29, 1.82) is 0 Å². The molecular weight excluding hydrogens is 617 g/mol. The van der Waals surface area contributed by atoms with Crippen molar-refractivity contribution in [2.75, 3.05) is 0 Å². The summed E-state index contributed by atoms with van der Waals surface area (Å²) >= 11 is 1.88. The van der Waals surface area contributed by atoms with E-state index in [0.29, 0.717) is 0 Å². The largest absolute Gasteiger partial charge is 0.456 e. The highest BCUT2D eigenvalue weighted by atomic mass is 32.1. The second-order valence-electron chi connectivity index (χ2n) is 12.7. The molecule has 11 rings (SSSR count). The molecule has 0 amide bonds. The first-order valence-electron chi connectivity index (χ1n) is 16.6. The summed E-state index contributed by atoms with van der Waals surface area (Å²) in [5, 5.41) is 10.8. The summed E-state index contributed by atoms with van der Waals surface area (Å²) in [6.45, 7) is 0. The molecule has 3 heteroatoms. The topological polar surface area (TPSA) is 26.3 Å². The Hall–Kier alpha value is -6.16. The van der Waals surface area contributed by atoms with Crippen LogP contribution in [-0.4, -0.2) is 0 Å². The first-order chi connectivity index (χ1) is 24.3. The van der Waals surface area contributed by atoms with E-state index in [9.17, 15) is 0 Å². The number of hydrogen-bond acceptors (Lipinski definition) is 3. The van der Waals surface area contributed by atoms with Crippen molar-refractivity contribution in [2.24, 2.45) is 0 Å². The average molecular weight is 643 g/mol. The van der Waals surface area contributed by atoms with Crippen molar-refractivity contribution in [3.63, 3.8) is 0 Å². The fourth-order valence-corrected chi connectivity index (χ4v) is 9.24. The molecular formula is C46H26O2S. The fraction of sp³-hybridized carbons (Fsp3) is 0. The Balaban J connectivity index is 1.33. The third-order valence-electron chi connectivity index (χ3n) is 10.1. The number of furan rings is 2. The summed E-state index contributed by atoms with van der Waals surface area (Å²) in [6, 6.07) is 56.4. The molecule has 0 N–H and O–H groups in total. The van der Waals surface area contributed by atoms with Crippen LogP contribution < -0.4 is 0 Å². The quantitative estimate of drug-likeness (QED) is 0.179. The zero-order chi connectivity index (χ0) is 32.1. The van der Waals surface area contributed by atoms with E-state index in [1.807, 2.05) is 23.5 Å². The van der Waals surface area contributed by atoms with E-state index < -0.39 is 0 Å². The van der Waals surface area contributed by atoms with E-state index in [2.05, 4.69) is 146 Å². The number of rotatable bonds is 3. The Morgan fingerprint density at radius 1 is 0.367 bits per heavy atom. The third kappa shape index (κ3) is 3.82. The van der Waals surface area contributed by atoms with Crippen molar-refractivity contribution in [2.45, 2.75) is 0 Å². The van der Waals surface area contributed by atoms with E-state index in [1.165, 1.54) is 58.4 Å². The minimum absolute atomic E-state index is 0.813. The molecule has 3 aromatic heterocycles. The number of benzene rings is 8. The molecule has 0 aliphatic carbocycles. The fourth-order valence-electron chi connectivity index (χ4n) is 8.02. The predicted molar refractivity (Wildman–Crippen MR) is 208 cm³/mol. The first-order valence-corrected chi connectivity index (χ1v) is 17.4. The molecule has 228 valence electrons. The van der Waals surface area contributed by atoms with Gasteiger partial charge in [-0.1, -0.05) is 133 Å². The molecule has 11 aromatic rings. The highest BCUT2D eigenvalue weighted by Gasteiger charge is 2.25. The van der Waals surface area contributed by atoms with Crippen LogP contribution in [0.25, 0.3) is 108 Å². The van der Waals surface area contributed by atoms with Gasteiger partial charge in [-0.25, -0.2) is 0 Å². The summed E-state index contributed by atoms with van der Waals surface area (Å²) in [5.74, 6) is 0.843. The minimum atomic E-state index is 0.813. The van der Waals surface area contributed by atoms with E-state index in [0.717, 1.165) is 49.8 Å². The van der Waals surface area contributed by atoms with Gasteiger partial charge in [-0.05, 0) is 50.9 Å². The Labute approximate surface area is 285 Å². The summed E-state index contributed by atoms with van der Waals surface area (Å²) in [7, 11) is 0. The van der Waals surface area contributed by atoms with Gasteiger partial charge in [-0.2, -0.15) is 0 Å². The van der Waals surface area contributed by atoms with Gasteiger partial charge in [-0.3, -0.25) is 0 Å². The zero-order valence-corrected chi connectivity index (χ0v) is 27.1. The van der Waals surface area contributed by atoms with E-state index >= 15 is 0 Å². The van der Waals surface area contributed by atoms with Gasteiger partial charge >= 0.3 is 0 Å². The van der Waals surface area contributed by atoms with Gasteiger partial charge in [0.15, 0.2) is 0 Å². The standard InChI is InChI=1S/C46H26O2S/c1-2-13-27(14-3-1)38-25-36-39(48-38)26-40-44(34-20-8-10-23-37(34)47-40)45(36)43-31-18-6-4-16-29(31)42(30-17-5-7-19-32(30)43)35-22-12-21-33-28-15-9-11-24-41(28)49-46(33)35/h1-26H. The van der Waals surface area contributed by atoms with Crippen molar-refractivity contribution >= 4 is 86.0 Å². The summed E-state index contributed by atoms with van der Waals surface area (Å²) in [6.07, 6.45) is 0. The number of fused-ring (bicyclic) bond motifs is 9. The summed E-state index contributed by atoms with van der Waals surface area (Å²) < 4.78 is 15.9. The van der Waals surface area contributed by atoms with Gasteiger partial charge in [0.25, 0.3) is 0 Å². The van der Waals surface area contributed by atoms with Crippen LogP contribution in [0.5, 0.6) is 0 Å². The molecule has 49 heavy (non-hydrogen) atoms. The molecule has 0 spiro atoms. The molecule has 0 saturated heterocycles. The molecule has 0 radical (unpaired) electrons. The van der Waals surface area contributed by atoms with Gasteiger partial charge in [-0.15, -0.1) is 11.3 Å². The summed E-state index contributed by atoms with van der Waals surface area (Å²) in [5.41, 5.74) is 8.43. The summed E-state index contributed by atoms with van der Waals surface area (Å²) in [4.78, 5) is 0. The highest BCUT2D eigenvalue weighted by molar-refractivity contribution is 7.26. The lowest BCUT2D eigenvalue weighted by Crippen LogP contribution is -1.92. The third-order valence-corrected chi connectivity index (χ3v) is 11.3. The van der Waals surface area contributed by atoms with Crippen LogP contribution in [0.1, 0.15) is 0 Å². The lowest BCUT2D eigenvalue weighted by Gasteiger charge is -2.19. The van der Waals surface area contributed by atoms with Gasteiger partial charge in [0.05, 0.1) is 0 Å². The minimum Gasteiger partial charge on any atom is -0.456 e. The van der Waals surface area contributed by atoms with Gasteiger partial charge in [0.1, 0.15) is 22.5 Å². The van der Waals surface area contributed by atoms with Crippen molar-refractivity contribution in [3.8, 4) is 33.6 Å². The SMILES string of the molecule is c1ccc(-c2cc3c(-c4c5ccccc5c(-c5cccc6c5sc5ccccc56)c5ccccc45)c4c(cc3o2)oc2ccccc24)cc1. The van der Waals surface area contributed by atoms with Crippen LogP contribution in [0, 0.1) is 0 Å². The van der Waals surface area contributed by atoms with Crippen LogP contribution in [0.4, 0.5) is 0 Å². The highest BCUT2D eigenvalue weighted by Crippen LogP contribution is 2.52. The van der Waals surface area contributed by atoms with E-state index in [1.54, 1.807) is 0 Å². The number of hydrogen-bond donors (Lipinski definition) is 0. The first kappa shape index (κ1) is 26.9. The average Bonchev–Trinajstić information content (AvgIpc) is 3.87. The van der Waals surface area contributed by atoms with Gasteiger partial charge < -0.3 is 8.83 Å². The van der Waals surface area contributed by atoms with Crippen LogP contribution in [-0.2, 0) is 0 Å². The number of para-hydroxylation sites is 1. The lowest BCUT2D eigenvalue weighted by atomic mass is 9.83. The monoisotopic (exact) mass is 642 g/mol. The Kier molecular flexibility index (Phi) is 5.57. The van der Waals surface area contributed by atoms with Crippen molar-refractivity contribution in [3.05, 3.63) is 158 Å². The Morgan fingerprint density at radius 3 is 1.73 bits per heavy atom. The lowest BCUT2D eigenvalue weighted by molar-refractivity contribution is 0.628. The van der Waals surface area contributed by atoms with Crippen molar-refractivity contribution in [1.82, 2.24) is 0 Å². The Morgan fingerprint density at radius 2 is 0.980 bits per heavy atom. The van der Waals surface area contributed by atoms with E-state index in [-0.39, 0.29) is 0 Å². The molecule has 0 saturated carbocycles. The van der Waals surface area contributed by atoms with E-state index in [4.69, 9.17) is 8.83 Å². The Bertz CT molecular complexity index is 3050. The smallest absolute Gasteiger partial charge is 0.139 e. The molecule has 0 bridgehead atoms. The maximum absolute atomic E-state index is 6.66. The molecule has 2 nitrogen and oxygen atoms in total. The molecule has 3 heterocycles. The normalized spacial score (nSPS) is 12.1. The molecule has 8 aromatic carbocycles. The maximum Gasteiger partial charge on any atom is 0.139 e. The van der Waals surface area contributed by atoms with Crippen LogP contribution >= 0.6 is 11.3 Å².